The molecule has 0 aliphatic rings. The van der Waals surface area contributed by atoms with Crippen LogP contribution in [-0.4, -0.2) is 17.3 Å². The van der Waals surface area contributed by atoms with E-state index in [1.807, 2.05) is 17.3 Å². The van der Waals surface area contributed by atoms with Gasteiger partial charge in [0.25, 0.3) is 0 Å². The number of thiazole rings is 1. The van der Waals surface area contributed by atoms with Gasteiger partial charge in [0.1, 0.15) is 0 Å². The molecule has 0 amide bonds. The lowest BCUT2D eigenvalue weighted by molar-refractivity contribution is 1.14. The number of hydrogen-bond donors (Lipinski definition) is 1. The summed E-state index contributed by atoms with van der Waals surface area (Å²) in [5.74, 6) is 2.03. The first-order valence-corrected chi connectivity index (χ1v) is 5.55. The predicted molar refractivity (Wildman–Crippen MR) is 66.6 cm³/mol. The van der Waals surface area contributed by atoms with Gasteiger partial charge in [0.2, 0.25) is 0 Å². The molecule has 0 atom stereocenters. The van der Waals surface area contributed by atoms with Crippen molar-refractivity contribution in [2.45, 2.75) is 12.7 Å². The summed E-state index contributed by atoms with van der Waals surface area (Å²) in [6.07, 6.45) is 0. The summed E-state index contributed by atoms with van der Waals surface area (Å²) < 4.78 is 0. The molecular weight excluding hydrogens is 247 g/mol. The van der Waals surface area contributed by atoms with E-state index in [1.54, 1.807) is 11.3 Å². The van der Waals surface area contributed by atoms with Gasteiger partial charge in [-0.3, -0.25) is 0 Å². The second-order valence-electron chi connectivity index (χ2n) is 2.20. The first-order valence-electron chi connectivity index (χ1n) is 3.51. The van der Waals surface area contributed by atoms with Gasteiger partial charge < -0.3 is 5.73 Å². The number of hydrogen-bond acceptors (Lipinski definition) is 4. The van der Waals surface area contributed by atoms with E-state index in [-0.39, 0.29) is 24.8 Å². The molecule has 0 unspecified atom stereocenters. The Hall–Kier alpha value is 0.520. The van der Waals surface area contributed by atoms with E-state index in [0.717, 1.165) is 18.1 Å². The van der Waals surface area contributed by atoms with Gasteiger partial charge in [0, 0.05) is 22.9 Å². The highest BCUT2D eigenvalue weighted by molar-refractivity contribution is 7.98. The number of rotatable bonds is 4. The first kappa shape index (κ1) is 16.0. The third kappa shape index (κ3) is 5.75. The standard InChI is InChI=1S/C7H12N2S2.2ClH/c1-6-7(9-5-11-6)4-10-3-2-8;;/h5H,2-4,8H2,1H3;2*1H. The van der Waals surface area contributed by atoms with Gasteiger partial charge in [-0.1, -0.05) is 0 Å². The summed E-state index contributed by atoms with van der Waals surface area (Å²) in [7, 11) is 0. The maximum Gasteiger partial charge on any atom is 0.0797 e. The maximum absolute atomic E-state index is 5.37. The van der Waals surface area contributed by atoms with E-state index in [9.17, 15) is 0 Å². The highest BCUT2D eigenvalue weighted by atomic mass is 35.5. The minimum absolute atomic E-state index is 0. The number of nitrogens with two attached hydrogens (primary N) is 1. The van der Waals surface area contributed by atoms with Crippen molar-refractivity contribution in [2.75, 3.05) is 12.3 Å². The van der Waals surface area contributed by atoms with Gasteiger partial charge in [-0.15, -0.1) is 36.2 Å². The zero-order chi connectivity index (χ0) is 8.10. The Morgan fingerprint density at radius 1 is 1.54 bits per heavy atom. The molecule has 0 saturated heterocycles. The van der Waals surface area contributed by atoms with E-state index in [4.69, 9.17) is 5.73 Å². The average Bonchev–Trinajstić information content (AvgIpc) is 2.37. The van der Waals surface area contributed by atoms with E-state index in [1.165, 1.54) is 10.6 Å². The van der Waals surface area contributed by atoms with Crippen molar-refractivity contribution in [3.8, 4) is 0 Å². The van der Waals surface area contributed by atoms with Crippen molar-refractivity contribution >= 4 is 47.9 Å². The van der Waals surface area contributed by atoms with E-state index in [2.05, 4.69) is 11.9 Å². The van der Waals surface area contributed by atoms with Crippen LogP contribution in [0.25, 0.3) is 0 Å². The fourth-order valence-electron chi connectivity index (χ4n) is 0.719. The Bertz CT molecular complexity index is 218. The average molecular weight is 261 g/mol. The SMILES string of the molecule is Cc1scnc1CSCCN.Cl.Cl. The van der Waals surface area contributed by atoms with Crippen LogP contribution in [0.2, 0.25) is 0 Å². The normalized spacial score (nSPS) is 8.77. The Morgan fingerprint density at radius 2 is 2.23 bits per heavy atom. The molecule has 2 nitrogen and oxygen atoms in total. The quantitative estimate of drug-likeness (QED) is 0.846. The molecule has 0 aromatic carbocycles. The smallest absolute Gasteiger partial charge is 0.0797 e. The molecule has 6 heteroatoms. The van der Waals surface area contributed by atoms with E-state index < -0.39 is 0 Å². The Balaban J connectivity index is 0. The van der Waals surface area contributed by atoms with Crippen LogP contribution < -0.4 is 5.73 Å². The van der Waals surface area contributed by atoms with Gasteiger partial charge >= 0.3 is 0 Å². The lowest BCUT2D eigenvalue weighted by atomic mass is 10.4. The van der Waals surface area contributed by atoms with Crippen LogP contribution in [0, 0.1) is 6.92 Å². The van der Waals surface area contributed by atoms with Crippen molar-refractivity contribution in [3.63, 3.8) is 0 Å². The van der Waals surface area contributed by atoms with Crippen LogP contribution >= 0.6 is 47.9 Å². The largest absolute Gasteiger partial charge is 0.330 e. The fraction of sp³-hybridized carbons (Fsp3) is 0.571. The highest BCUT2D eigenvalue weighted by Gasteiger charge is 1.99. The predicted octanol–water partition coefficient (Wildman–Crippen LogP) is 2.49. The molecular formula is C7H14Cl2N2S2. The monoisotopic (exact) mass is 260 g/mol. The van der Waals surface area contributed by atoms with Crippen LogP contribution in [0.15, 0.2) is 5.51 Å². The number of aromatic nitrogens is 1. The van der Waals surface area contributed by atoms with Crippen molar-refractivity contribution in [2.24, 2.45) is 5.73 Å². The zero-order valence-corrected chi connectivity index (χ0v) is 10.6. The molecule has 1 heterocycles. The topological polar surface area (TPSA) is 38.9 Å². The Labute approximate surface area is 99.5 Å². The zero-order valence-electron chi connectivity index (χ0n) is 7.36. The molecule has 2 N–H and O–H groups in total. The molecule has 0 bridgehead atoms. The van der Waals surface area contributed by atoms with Crippen LogP contribution in [0.1, 0.15) is 10.6 Å². The molecule has 0 saturated carbocycles. The van der Waals surface area contributed by atoms with Crippen LogP contribution in [0.4, 0.5) is 0 Å². The lowest BCUT2D eigenvalue weighted by Crippen LogP contribution is -2.01. The second kappa shape index (κ2) is 9.09. The number of aryl methyl sites for hydroxylation is 1. The van der Waals surface area contributed by atoms with Crippen LogP contribution in [0.3, 0.4) is 0 Å². The second-order valence-corrected chi connectivity index (χ2v) is 4.36. The minimum Gasteiger partial charge on any atom is -0.330 e. The van der Waals surface area contributed by atoms with Crippen molar-refractivity contribution in [1.82, 2.24) is 4.98 Å². The summed E-state index contributed by atoms with van der Waals surface area (Å²) in [4.78, 5) is 5.57. The fourth-order valence-corrected chi connectivity index (χ4v) is 2.20. The summed E-state index contributed by atoms with van der Waals surface area (Å²) in [5.41, 5.74) is 8.48. The van der Waals surface area contributed by atoms with Crippen molar-refractivity contribution in [3.05, 3.63) is 16.1 Å². The molecule has 0 spiro atoms. The Kier molecular flexibility index (Phi) is 11.2. The molecule has 0 aliphatic carbocycles. The first-order chi connectivity index (χ1) is 5.34. The van der Waals surface area contributed by atoms with Gasteiger partial charge in [-0.2, -0.15) is 11.8 Å². The number of thioether (sulfide) groups is 1. The summed E-state index contributed by atoms with van der Waals surface area (Å²) in [5, 5.41) is 0. The molecule has 0 fully saturated rings. The van der Waals surface area contributed by atoms with Gasteiger partial charge in [0.05, 0.1) is 11.2 Å². The molecule has 13 heavy (non-hydrogen) atoms. The van der Waals surface area contributed by atoms with E-state index in [0.29, 0.717) is 0 Å². The molecule has 1 rings (SSSR count). The Morgan fingerprint density at radius 3 is 2.69 bits per heavy atom. The van der Waals surface area contributed by atoms with Crippen molar-refractivity contribution < 1.29 is 0 Å². The van der Waals surface area contributed by atoms with E-state index >= 15 is 0 Å². The summed E-state index contributed by atoms with van der Waals surface area (Å²) in [6.45, 7) is 2.86. The lowest BCUT2D eigenvalue weighted by Gasteiger charge is -1.96. The maximum atomic E-state index is 5.37. The number of nitrogens with zero attached hydrogens (tertiary/aromatic N) is 1. The summed E-state index contributed by atoms with van der Waals surface area (Å²) >= 11 is 3.55. The van der Waals surface area contributed by atoms with Gasteiger partial charge in [0.15, 0.2) is 0 Å². The van der Waals surface area contributed by atoms with Crippen LogP contribution in [0.5, 0.6) is 0 Å². The molecule has 0 aliphatic heterocycles. The molecule has 1 aromatic rings. The number of halogens is 2. The minimum atomic E-state index is 0. The third-order valence-corrected chi connectivity index (χ3v) is 3.15. The molecule has 1 aromatic heterocycles. The van der Waals surface area contributed by atoms with Crippen LogP contribution in [-0.2, 0) is 5.75 Å². The molecule has 0 radical (unpaired) electrons. The third-order valence-electron chi connectivity index (χ3n) is 1.35. The van der Waals surface area contributed by atoms with Gasteiger partial charge in [-0.05, 0) is 6.92 Å². The van der Waals surface area contributed by atoms with Crippen molar-refractivity contribution in [1.29, 1.82) is 0 Å². The molecule has 78 valence electrons. The summed E-state index contributed by atoms with van der Waals surface area (Å²) in [6, 6.07) is 0. The van der Waals surface area contributed by atoms with Gasteiger partial charge in [-0.25, -0.2) is 4.98 Å². The highest BCUT2D eigenvalue weighted by Crippen LogP contribution is 2.16.